The van der Waals surface area contributed by atoms with Gasteiger partial charge in [0.2, 0.25) is 5.91 Å². The van der Waals surface area contributed by atoms with Gasteiger partial charge in [-0.1, -0.05) is 49.4 Å². The Balaban J connectivity index is 2.56. The van der Waals surface area contributed by atoms with E-state index in [2.05, 4.69) is 23.3 Å². The number of thiol groups is 1. The average Bonchev–Trinajstić information content (AvgIpc) is 2.82. The molecular weight excluding hydrogens is 486 g/mol. The van der Waals surface area contributed by atoms with Gasteiger partial charge < -0.3 is 20.3 Å². The van der Waals surface area contributed by atoms with Crippen LogP contribution in [-0.2, 0) is 14.3 Å². The van der Waals surface area contributed by atoms with E-state index in [1.165, 1.54) is 0 Å². The maximum absolute atomic E-state index is 14.0. The molecule has 202 valence electrons. The average molecular weight is 528 g/mol. The second-order valence-electron chi connectivity index (χ2n) is 10.4. The number of carbonyl (C=O) groups excluding carboxylic acids is 3. The van der Waals surface area contributed by atoms with Gasteiger partial charge in [0.1, 0.15) is 17.7 Å². The van der Waals surface area contributed by atoms with E-state index in [1.54, 1.807) is 25.7 Å². The lowest BCUT2D eigenvalue weighted by Crippen LogP contribution is -2.55. The number of nitrogens with zero attached hydrogens (tertiary/aromatic N) is 1. The third kappa shape index (κ3) is 7.99. The predicted octanol–water partition coefficient (Wildman–Crippen LogP) is 5.74. The van der Waals surface area contributed by atoms with Gasteiger partial charge in [-0.15, -0.1) is 0 Å². The molecule has 2 N–H and O–H groups in total. The van der Waals surface area contributed by atoms with E-state index in [0.29, 0.717) is 6.42 Å². The molecule has 0 aliphatic heterocycles. The lowest BCUT2D eigenvalue weighted by Gasteiger charge is -2.38. The Morgan fingerprint density at radius 1 is 0.973 bits per heavy atom. The smallest absolute Gasteiger partial charge is 0.408 e. The van der Waals surface area contributed by atoms with Crippen LogP contribution in [0.15, 0.2) is 42.5 Å². The maximum atomic E-state index is 14.0. The van der Waals surface area contributed by atoms with E-state index in [0.717, 1.165) is 27.9 Å². The largest absolute Gasteiger partial charge is 0.444 e. The molecule has 0 aliphatic rings. The molecule has 3 unspecified atom stereocenters. The van der Waals surface area contributed by atoms with Crippen molar-refractivity contribution in [2.24, 2.45) is 0 Å². The first-order valence-corrected chi connectivity index (χ1v) is 13.3. The fourth-order valence-corrected chi connectivity index (χ4v) is 4.37. The Labute approximate surface area is 226 Å². The molecule has 0 saturated carbocycles. The third-order valence-electron chi connectivity index (χ3n) is 6.23. The molecule has 2 aromatic rings. The molecule has 3 amide bonds. The monoisotopic (exact) mass is 527 g/mol. The van der Waals surface area contributed by atoms with Crippen LogP contribution in [0.25, 0.3) is 0 Å². The number of alkyl carbamates (subject to hydrolysis) is 1. The maximum Gasteiger partial charge on any atom is 0.408 e. The number of hydrogen-bond acceptors (Lipinski definition) is 5. The van der Waals surface area contributed by atoms with Gasteiger partial charge in [0.15, 0.2) is 0 Å². The van der Waals surface area contributed by atoms with Gasteiger partial charge in [-0.2, -0.15) is 12.6 Å². The Kier molecular flexibility index (Phi) is 10.6. The number of carbonyl (C=O) groups is 3. The second-order valence-corrected chi connectivity index (χ2v) is 10.8. The number of para-hydroxylation sites is 1. The molecule has 2 rings (SSSR count). The van der Waals surface area contributed by atoms with E-state index in [1.807, 2.05) is 77.1 Å². The number of hydrogen-bond donors (Lipinski definition) is 3. The molecule has 8 heteroatoms. The SMILES string of the molecule is CCC(C)N(C(=O)C(CS)NC(=O)OC(C)(C)C)C(C(=O)Nc1c(C)cccc1C)c1ccccc1C. The van der Waals surface area contributed by atoms with Crippen LogP contribution in [0.1, 0.15) is 69.3 Å². The van der Waals surface area contributed by atoms with E-state index < -0.39 is 29.7 Å². The zero-order valence-corrected chi connectivity index (χ0v) is 24.1. The fourth-order valence-electron chi connectivity index (χ4n) is 4.13. The zero-order chi connectivity index (χ0) is 27.9. The van der Waals surface area contributed by atoms with Crippen molar-refractivity contribution >= 4 is 36.2 Å². The minimum Gasteiger partial charge on any atom is -0.444 e. The molecule has 0 spiro atoms. The Bertz CT molecular complexity index is 1090. The molecule has 0 aliphatic carbocycles. The van der Waals surface area contributed by atoms with Crippen molar-refractivity contribution in [3.8, 4) is 0 Å². The minimum absolute atomic E-state index is 0.0457. The summed E-state index contributed by atoms with van der Waals surface area (Å²) >= 11 is 4.35. The molecule has 7 nitrogen and oxygen atoms in total. The van der Waals surface area contributed by atoms with E-state index in [-0.39, 0.29) is 17.7 Å². The molecular formula is C29H41N3O4S. The van der Waals surface area contributed by atoms with Crippen molar-refractivity contribution in [2.75, 3.05) is 11.1 Å². The fraction of sp³-hybridized carbons (Fsp3) is 0.483. The standard InChI is InChI=1S/C29H41N3O4S/c1-9-21(5)32(27(34)23(17-37)30-28(35)36-29(6,7)8)25(22-16-11-10-13-18(22)2)26(33)31-24-19(3)14-12-15-20(24)4/h10-16,21,23,25,37H,9,17H2,1-8H3,(H,30,35)(H,31,33). The highest BCUT2D eigenvalue weighted by molar-refractivity contribution is 7.80. The van der Waals surface area contributed by atoms with Crippen LogP contribution in [0.5, 0.6) is 0 Å². The van der Waals surface area contributed by atoms with Crippen LogP contribution in [-0.4, -0.2) is 46.2 Å². The van der Waals surface area contributed by atoms with Crippen molar-refractivity contribution in [2.45, 2.75) is 85.5 Å². The van der Waals surface area contributed by atoms with E-state index in [4.69, 9.17) is 4.74 Å². The molecule has 0 radical (unpaired) electrons. The normalized spacial score (nSPS) is 13.8. The number of rotatable bonds is 9. The number of benzene rings is 2. The first-order chi connectivity index (χ1) is 17.3. The van der Waals surface area contributed by atoms with Gasteiger partial charge in [0.05, 0.1) is 0 Å². The van der Waals surface area contributed by atoms with Gasteiger partial charge in [0.25, 0.3) is 5.91 Å². The van der Waals surface area contributed by atoms with Crippen LogP contribution in [0.4, 0.5) is 10.5 Å². The highest BCUT2D eigenvalue weighted by atomic mass is 32.1. The third-order valence-corrected chi connectivity index (χ3v) is 6.60. The number of aryl methyl sites for hydroxylation is 3. The summed E-state index contributed by atoms with van der Waals surface area (Å²) < 4.78 is 5.37. The van der Waals surface area contributed by atoms with Crippen LogP contribution in [0.3, 0.4) is 0 Å². The predicted molar refractivity (Wildman–Crippen MR) is 152 cm³/mol. The Morgan fingerprint density at radius 2 is 1.54 bits per heavy atom. The van der Waals surface area contributed by atoms with Gasteiger partial charge in [0, 0.05) is 17.5 Å². The van der Waals surface area contributed by atoms with Gasteiger partial charge in [-0.25, -0.2) is 4.79 Å². The topological polar surface area (TPSA) is 87.7 Å². The quantitative estimate of drug-likeness (QED) is 0.363. The van der Waals surface area contributed by atoms with Crippen molar-refractivity contribution in [1.82, 2.24) is 10.2 Å². The summed E-state index contributed by atoms with van der Waals surface area (Å²) in [4.78, 5) is 42.1. The summed E-state index contributed by atoms with van der Waals surface area (Å²) in [6.45, 7) is 14.9. The summed E-state index contributed by atoms with van der Waals surface area (Å²) in [5.41, 5.74) is 3.46. The molecule has 3 atom stereocenters. The second kappa shape index (κ2) is 13.0. The molecule has 0 aromatic heterocycles. The summed E-state index contributed by atoms with van der Waals surface area (Å²) in [6, 6.07) is 11.1. The Hall–Kier alpha value is -3.00. The lowest BCUT2D eigenvalue weighted by molar-refractivity contribution is -0.143. The molecule has 0 heterocycles. The number of ether oxygens (including phenoxy) is 1. The van der Waals surface area contributed by atoms with Gasteiger partial charge in [-0.05, 0) is 77.1 Å². The first kappa shape index (κ1) is 30.2. The van der Waals surface area contributed by atoms with Gasteiger partial charge in [-0.3, -0.25) is 9.59 Å². The van der Waals surface area contributed by atoms with Crippen molar-refractivity contribution < 1.29 is 19.1 Å². The highest BCUT2D eigenvalue weighted by Gasteiger charge is 2.39. The highest BCUT2D eigenvalue weighted by Crippen LogP contribution is 2.31. The van der Waals surface area contributed by atoms with Crippen molar-refractivity contribution in [1.29, 1.82) is 0 Å². The van der Waals surface area contributed by atoms with Crippen molar-refractivity contribution in [3.05, 3.63) is 64.7 Å². The van der Waals surface area contributed by atoms with Gasteiger partial charge >= 0.3 is 6.09 Å². The lowest BCUT2D eigenvalue weighted by atomic mass is 9.96. The number of amides is 3. The first-order valence-electron chi connectivity index (χ1n) is 12.7. The summed E-state index contributed by atoms with van der Waals surface area (Å²) in [6.07, 6.45) is -0.104. The molecule has 37 heavy (non-hydrogen) atoms. The Morgan fingerprint density at radius 3 is 2.05 bits per heavy atom. The number of nitrogens with one attached hydrogen (secondary N) is 2. The molecule has 2 aromatic carbocycles. The van der Waals surface area contributed by atoms with E-state index in [9.17, 15) is 14.4 Å². The van der Waals surface area contributed by atoms with Crippen LogP contribution in [0.2, 0.25) is 0 Å². The molecule has 0 saturated heterocycles. The zero-order valence-electron chi connectivity index (χ0n) is 23.2. The summed E-state index contributed by atoms with van der Waals surface area (Å²) in [5, 5.41) is 5.73. The van der Waals surface area contributed by atoms with Crippen LogP contribution < -0.4 is 10.6 Å². The summed E-state index contributed by atoms with van der Waals surface area (Å²) in [7, 11) is 0. The van der Waals surface area contributed by atoms with Crippen LogP contribution >= 0.6 is 12.6 Å². The van der Waals surface area contributed by atoms with E-state index >= 15 is 0 Å². The number of anilines is 1. The molecule has 0 bridgehead atoms. The molecule has 0 fully saturated rings. The minimum atomic E-state index is -0.980. The van der Waals surface area contributed by atoms with Crippen molar-refractivity contribution in [3.63, 3.8) is 0 Å². The van der Waals surface area contributed by atoms with Crippen LogP contribution in [0, 0.1) is 20.8 Å². The summed E-state index contributed by atoms with van der Waals surface area (Å²) in [5.74, 6) is -0.681.